The maximum Gasteiger partial charge on any atom is 0.133 e. The molecule has 0 saturated carbocycles. The van der Waals surface area contributed by atoms with Gasteiger partial charge in [-0.2, -0.15) is 0 Å². The number of anilines is 1. The van der Waals surface area contributed by atoms with Crippen molar-refractivity contribution in [3.63, 3.8) is 0 Å². The summed E-state index contributed by atoms with van der Waals surface area (Å²) in [5.41, 5.74) is 5.87. The lowest BCUT2D eigenvalue weighted by Crippen LogP contribution is -2.63. The van der Waals surface area contributed by atoms with Gasteiger partial charge < -0.3 is 25.8 Å². The van der Waals surface area contributed by atoms with Crippen molar-refractivity contribution in [2.24, 2.45) is 0 Å². The van der Waals surface area contributed by atoms with E-state index in [1.807, 2.05) is 7.05 Å². The minimum absolute atomic E-state index is 0.0133. The van der Waals surface area contributed by atoms with Gasteiger partial charge in [-0.15, -0.1) is 0 Å². The molecule has 0 bridgehead atoms. The lowest BCUT2D eigenvalue weighted by molar-refractivity contribution is 0.180. The van der Waals surface area contributed by atoms with Crippen LogP contribution in [-0.4, -0.2) is 56.5 Å². The van der Waals surface area contributed by atoms with Crippen LogP contribution in [0.15, 0.2) is 12.1 Å². The lowest BCUT2D eigenvalue weighted by Gasteiger charge is -2.37. The number of benzene rings is 1. The highest BCUT2D eigenvalue weighted by molar-refractivity contribution is 5.80. The van der Waals surface area contributed by atoms with E-state index in [4.69, 9.17) is 4.74 Å². The molecule has 1 aromatic rings. The second-order valence-electron chi connectivity index (χ2n) is 8.50. The van der Waals surface area contributed by atoms with Crippen molar-refractivity contribution in [2.45, 2.75) is 64.1 Å². The number of hydrogen-bond donors (Lipinski definition) is 6. The van der Waals surface area contributed by atoms with E-state index in [2.05, 4.69) is 52.6 Å². The molecule has 0 aromatic heterocycles. The van der Waals surface area contributed by atoms with E-state index in [-0.39, 0.29) is 18.6 Å². The Labute approximate surface area is 173 Å². The van der Waals surface area contributed by atoms with Gasteiger partial charge in [-0.3, -0.25) is 10.6 Å². The number of rotatable bonds is 4. The lowest BCUT2D eigenvalue weighted by atomic mass is 9.89. The molecule has 0 aliphatic carbocycles. The van der Waals surface area contributed by atoms with E-state index in [0.29, 0.717) is 19.0 Å². The zero-order valence-corrected chi connectivity index (χ0v) is 17.8. The van der Waals surface area contributed by atoms with Crippen molar-refractivity contribution in [2.75, 3.05) is 32.1 Å². The molecule has 1 aromatic carbocycles. The zero-order valence-electron chi connectivity index (χ0n) is 17.8. The molecule has 29 heavy (non-hydrogen) atoms. The van der Waals surface area contributed by atoms with Crippen LogP contribution >= 0.6 is 0 Å². The summed E-state index contributed by atoms with van der Waals surface area (Å²) in [6.07, 6.45) is 5.83. The largest absolute Gasteiger partial charge is 0.493 e. The predicted octanol–water partition coefficient (Wildman–Crippen LogP) is 1.27. The van der Waals surface area contributed by atoms with Crippen LogP contribution in [0.25, 0.3) is 5.57 Å². The van der Waals surface area contributed by atoms with E-state index < -0.39 is 0 Å². The molecular formula is C22H35N5O2. The third kappa shape index (κ3) is 4.59. The quantitative estimate of drug-likeness (QED) is 0.453. The summed E-state index contributed by atoms with van der Waals surface area (Å²) in [7, 11) is 1.99. The van der Waals surface area contributed by atoms with Crippen LogP contribution in [0.3, 0.4) is 0 Å². The standard InChI is InChI=1S/C22H35N5O2/c1-13-9-19(23-3)27-22(25-13)26-18-11-16-5-4-8-29-21(16)20(14(18)2)15-6-7-24-12-17(28)10-15/h6,11,13,17,19,22-28H,4-5,7-10,12H2,1-3H3/t13?,17-,19?,22?/m1/s1. The molecule has 7 nitrogen and oxygen atoms in total. The van der Waals surface area contributed by atoms with Crippen molar-refractivity contribution >= 4 is 11.3 Å². The Morgan fingerprint density at radius 2 is 2.14 bits per heavy atom. The highest BCUT2D eigenvalue weighted by Crippen LogP contribution is 2.41. The van der Waals surface area contributed by atoms with Crippen LogP contribution in [0.5, 0.6) is 5.75 Å². The average molecular weight is 402 g/mol. The molecule has 3 heterocycles. The van der Waals surface area contributed by atoms with Gasteiger partial charge in [0.1, 0.15) is 12.0 Å². The summed E-state index contributed by atoms with van der Waals surface area (Å²) in [4.78, 5) is 0. The molecule has 0 radical (unpaired) electrons. The maximum absolute atomic E-state index is 10.3. The van der Waals surface area contributed by atoms with E-state index in [1.165, 1.54) is 16.7 Å². The molecule has 6 N–H and O–H groups in total. The topological polar surface area (TPSA) is 89.6 Å². The molecule has 7 heteroatoms. The summed E-state index contributed by atoms with van der Waals surface area (Å²) in [5.74, 6) is 1.01. The molecular weight excluding hydrogens is 366 g/mol. The van der Waals surface area contributed by atoms with E-state index in [9.17, 15) is 5.11 Å². The Balaban J connectivity index is 1.69. The summed E-state index contributed by atoms with van der Waals surface area (Å²) < 4.78 is 6.15. The number of fused-ring (bicyclic) bond motifs is 1. The SMILES string of the molecule is CNC1CC(C)NC(Nc2cc3c(c(C4=CCNC[C@H](O)C4)c2C)OCCC3)N1. The number of nitrogens with one attached hydrogen (secondary N) is 5. The van der Waals surface area contributed by atoms with Crippen LogP contribution in [0.2, 0.25) is 0 Å². The highest BCUT2D eigenvalue weighted by Gasteiger charge is 2.27. The zero-order chi connectivity index (χ0) is 20.4. The molecule has 1 fully saturated rings. The van der Waals surface area contributed by atoms with Gasteiger partial charge in [-0.1, -0.05) is 6.08 Å². The maximum atomic E-state index is 10.3. The number of aliphatic hydroxyl groups excluding tert-OH is 1. The first kappa shape index (κ1) is 20.6. The van der Waals surface area contributed by atoms with Gasteiger partial charge in [-0.05, 0) is 62.9 Å². The summed E-state index contributed by atoms with van der Waals surface area (Å²) in [6.45, 7) is 6.52. The Kier molecular flexibility index (Phi) is 6.41. The van der Waals surface area contributed by atoms with Crippen LogP contribution in [0.4, 0.5) is 5.69 Å². The summed E-state index contributed by atoms with van der Waals surface area (Å²) in [5, 5.41) is 27.8. The molecule has 0 spiro atoms. The first-order valence-corrected chi connectivity index (χ1v) is 10.9. The fourth-order valence-corrected chi connectivity index (χ4v) is 4.66. The molecule has 3 aliphatic rings. The van der Waals surface area contributed by atoms with Crippen molar-refractivity contribution in [3.05, 3.63) is 28.8 Å². The summed E-state index contributed by atoms with van der Waals surface area (Å²) in [6, 6.07) is 2.66. The van der Waals surface area contributed by atoms with Gasteiger partial charge in [0.15, 0.2) is 0 Å². The summed E-state index contributed by atoms with van der Waals surface area (Å²) >= 11 is 0. The van der Waals surface area contributed by atoms with Crippen LogP contribution in [-0.2, 0) is 6.42 Å². The molecule has 4 rings (SSSR count). The average Bonchev–Trinajstić information content (AvgIpc) is 2.92. The minimum Gasteiger partial charge on any atom is -0.493 e. The Bertz CT molecular complexity index is 766. The molecule has 3 unspecified atom stereocenters. The third-order valence-corrected chi connectivity index (χ3v) is 6.16. The number of hydrogen-bond acceptors (Lipinski definition) is 7. The predicted molar refractivity (Wildman–Crippen MR) is 117 cm³/mol. The van der Waals surface area contributed by atoms with Crippen LogP contribution in [0, 0.1) is 6.92 Å². The van der Waals surface area contributed by atoms with Gasteiger partial charge in [0.25, 0.3) is 0 Å². The Morgan fingerprint density at radius 3 is 2.97 bits per heavy atom. The van der Waals surface area contributed by atoms with Gasteiger partial charge in [0.05, 0.1) is 18.9 Å². The Morgan fingerprint density at radius 1 is 1.28 bits per heavy atom. The van der Waals surface area contributed by atoms with E-state index >= 15 is 0 Å². The number of ether oxygens (including phenoxy) is 1. The smallest absolute Gasteiger partial charge is 0.133 e. The molecule has 3 aliphatic heterocycles. The number of aryl methyl sites for hydroxylation is 1. The normalized spacial score (nSPS) is 30.0. The number of aliphatic hydroxyl groups is 1. The highest BCUT2D eigenvalue weighted by atomic mass is 16.5. The second-order valence-corrected chi connectivity index (χ2v) is 8.50. The first-order chi connectivity index (χ1) is 14.0. The third-order valence-electron chi connectivity index (χ3n) is 6.16. The van der Waals surface area contributed by atoms with E-state index in [0.717, 1.165) is 49.4 Å². The van der Waals surface area contributed by atoms with Crippen molar-refractivity contribution in [3.8, 4) is 5.75 Å². The number of β-amino-alcohol motifs (C(OH)–C–C–N with tert-alkyl or cyclic N) is 1. The van der Waals surface area contributed by atoms with Gasteiger partial charge in [0.2, 0.25) is 0 Å². The van der Waals surface area contributed by atoms with Crippen molar-refractivity contribution in [1.82, 2.24) is 21.3 Å². The fourth-order valence-electron chi connectivity index (χ4n) is 4.66. The minimum atomic E-state index is -0.377. The van der Waals surface area contributed by atoms with Crippen molar-refractivity contribution in [1.29, 1.82) is 0 Å². The molecule has 160 valence electrons. The van der Waals surface area contributed by atoms with Crippen LogP contribution in [0.1, 0.15) is 42.9 Å². The van der Waals surface area contributed by atoms with E-state index in [1.54, 1.807) is 0 Å². The second kappa shape index (κ2) is 9.02. The monoisotopic (exact) mass is 401 g/mol. The van der Waals surface area contributed by atoms with Crippen LogP contribution < -0.4 is 31.3 Å². The van der Waals surface area contributed by atoms with Gasteiger partial charge in [-0.25, -0.2) is 0 Å². The molecule has 4 atom stereocenters. The molecule has 1 saturated heterocycles. The van der Waals surface area contributed by atoms with Gasteiger partial charge >= 0.3 is 0 Å². The van der Waals surface area contributed by atoms with Gasteiger partial charge in [0, 0.05) is 36.8 Å². The van der Waals surface area contributed by atoms with Crippen molar-refractivity contribution < 1.29 is 9.84 Å². The first-order valence-electron chi connectivity index (χ1n) is 10.9. The Hall–Kier alpha value is -1.64. The molecule has 0 amide bonds. The fraction of sp³-hybridized carbons (Fsp3) is 0.636.